The van der Waals surface area contributed by atoms with Crippen LogP contribution < -0.4 is 0 Å². The molecular formula is C10H10BrNO. The van der Waals surface area contributed by atoms with Gasteiger partial charge in [0.25, 0.3) is 0 Å². The molecule has 0 N–H and O–H groups in total. The van der Waals surface area contributed by atoms with Gasteiger partial charge >= 0.3 is 0 Å². The Labute approximate surface area is 85.5 Å². The van der Waals surface area contributed by atoms with Crippen molar-refractivity contribution >= 4 is 21.7 Å². The summed E-state index contributed by atoms with van der Waals surface area (Å²) < 4.78 is 0.958. The molecule has 1 heterocycles. The van der Waals surface area contributed by atoms with E-state index in [2.05, 4.69) is 20.9 Å². The third-order valence-electron chi connectivity index (χ3n) is 2.48. The van der Waals surface area contributed by atoms with Gasteiger partial charge in [-0.25, -0.2) is 0 Å². The maximum Gasteiger partial charge on any atom is 0.146 e. The zero-order valence-corrected chi connectivity index (χ0v) is 8.97. The second-order valence-corrected chi connectivity index (χ2v) is 4.21. The molecular weight excluding hydrogens is 230 g/mol. The van der Waals surface area contributed by atoms with Gasteiger partial charge in [0, 0.05) is 23.0 Å². The van der Waals surface area contributed by atoms with Crippen molar-refractivity contribution in [2.45, 2.75) is 25.7 Å². The van der Waals surface area contributed by atoms with Crippen LogP contribution in [-0.4, -0.2) is 10.8 Å². The van der Waals surface area contributed by atoms with E-state index < -0.39 is 0 Å². The van der Waals surface area contributed by atoms with Crippen LogP contribution in [0.15, 0.2) is 16.7 Å². The molecule has 1 aromatic heterocycles. The quantitative estimate of drug-likeness (QED) is 0.754. The van der Waals surface area contributed by atoms with Crippen LogP contribution in [0.2, 0.25) is 0 Å². The number of Topliss-reactive ketones (excluding diaryl/α,β-unsaturated/α-hetero) is 1. The van der Waals surface area contributed by atoms with Crippen LogP contribution in [0.25, 0.3) is 0 Å². The summed E-state index contributed by atoms with van der Waals surface area (Å²) in [6.07, 6.45) is 3.15. The van der Waals surface area contributed by atoms with Crippen molar-refractivity contribution in [2.75, 3.05) is 0 Å². The van der Waals surface area contributed by atoms with E-state index in [9.17, 15) is 4.79 Å². The summed E-state index contributed by atoms with van der Waals surface area (Å²) >= 11 is 3.37. The van der Waals surface area contributed by atoms with Gasteiger partial charge in [-0.1, -0.05) is 6.92 Å². The van der Waals surface area contributed by atoms with Gasteiger partial charge in [-0.05, 0) is 34.0 Å². The summed E-state index contributed by atoms with van der Waals surface area (Å²) in [5, 5.41) is 0. The maximum absolute atomic E-state index is 11.5. The average molecular weight is 240 g/mol. The van der Waals surface area contributed by atoms with Crippen LogP contribution in [-0.2, 0) is 11.2 Å². The number of ketones is 1. The Kier molecular flexibility index (Phi) is 2.20. The Morgan fingerprint density at radius 1 is 1.69 bits per heavy atom. The smallest absolute Gasteiger partial charge is 0.146 e. The fourth-order valence-electron chi connectivity index (χ4n) is 1.84. The molecule has 1 atom stereocenters. The minimum absolute atomic E-state index is 0.0833. The molecule has 3 heteroatoms. The number of nitrogens with zero attached hydrogens (tertiary/aromatic N) is 1. The second-order valence-electron chi connectivity index (χ2n) is 3.29. The number of aromatic nitrogens is 1. The minimum atomic E-state index is 0.0833. The van der Waals surface area contributed by atoms with Crippen molar-refractivity contribution in [3.63, 3.8) is 0 Å². The fraction of sp³-hybridized carbons (Fsp3) is 0.400. The molecule has 2 nitrogen and oxygen atoms in total. The van der Waals surface area contributed by atoms with E-state index in [0.29, 0.717) is 12.2 Å². The highest BCUT2D eigenvalue weighted by Gasteiger charge is 2.29. The molecule has 1 unspecified atom stereocenters. The largest absolute Gasteiger partial charge is 0.299 e. The molecule has 0 saturated heterocycles. The van der Waals surface area contributed by atoms with Gasteiger partial charge in [-0.15, -0.1) is 0 Å². The minimum Gasteiger partial charge on any atom is -0.299 e. The van der Waals surface area contributed by atoms with E-state index in [-0.39, 0.29) is 5.92 Å². The Balaban J connectivity index is 2.50. The van der Waals surface area contributed by atoms with Gasteiger partial charge in [0.15, 0.2) is 0 Å². The van der Waals surface area contributed by atoms with Crippen LogP contribution in [0.5, 0.6) is 0 Å². The lowest BCUT2D eigenvalue weighted by Crippen LogP contribution is -2.03. The molecule has 0 amide bonds. The van der Waals surface area contributed by atoms with Gasteiger partial charge in [0.05, 0.1) is 5.69 Å². The molecule has 0 radical (unpaired) electrons. The molecule has 0 aliphatic heterocycles. The lowest BCUT2D eigenvalue weighted by Gasteiger charge is -2.05. The van der Waals surface area contributed by atoms with Crippen molar-refractivity contribution in [3.05, 3.63) is 28.0 Å². The predicted octanol–water partition coefficient (Wildman–Crippen LogP) is 2.46. The summed E-state index contributed by atoms with van der Waals surface area (Å²) in [5.41, 5.74) is 2.07. The van der Waals surface area contributed by atoms with Crippen molar-refractivity contribution < 1.29 is 4.79 Å². The fourth-order valence-corrected chi connectivity index (χ4v) is 2.19. The highest BCUT2D eigenvalue weighted by Crippen LogP contribution is 2.32. The number of hydrogen-bond donors (Lipinski definition) is 0. The average Bonchev–Trinajstić information content (AvgIpc) is 2.40. The topological polar surface area (TPSA) is 30.0 Å². The second kappa shape index (κ2) is 3.22. The van der Waals surface area contributed by atoms with Crippen molar-refractivity contribution in [1.82, 2.24) is 4.98 Å². The molecule has 0 fully saturated rings. The van der Waals surface area contributed by atoms with Crippen molar-refractivity contribution in [2.24, 2.45) is 0 Å². The van der Waals surface area contributed by atoms with Crippen LogP contribution in [0.3, 0.4) is 0 Å². The van der Waals surface area contributed by atoms with Crippen LogP contribution >= 0.6 is 15.9 Å². The van der Waals surface area contributed by atoms with E-state index in [0.717, 1.165) is 22.2 Å². The molecule has 1 aromatic rings. The Hall–Kier alpha value is -0.700. The normalized spacial score (nSPS) is 20.5. The zero-order valence-electron chi connectivity index (χ0n) is 7.38. The molecule has 13 heavy (non-hydrogen) atoms. The standard InChI is InChI=1S/C10H10BrNO/c1-2-7-8-3-6(11)5-12-9(8)4-10(7)13/h3,5,7H,2,4H2,1H3. The zero-order chi connectivity index (χ0) is 9.42. The Morgan fingerprint density at radius 2 is 2.46 bits per heavy atom. The lowest BCUT2D eigenvalue weighted by atomic mass is 9.99. The van der Waals surface area contributed by atoms with Gasteiger partial charge in [-0.3, -0.25) is 9.78 Å². The molecule has 68 valence electrons. The predicted molar refractivity (Wildman–Crippen MR) is 53.7 cm³/mol. The lowest BCUT2D eigenvalue weighted by molar-refractivity contribution is -0.119. The summed E-state index contributed by atoms with van der Waals surface area (Å²) in [5.74, 6) is 0.392. The number of carbonyl (C=O) groups excluding carboxylic acids is 1. The third kappa shape index (κ3) is 1.41. The molecule has 0 bridgehead atoms. The van der Waals surface area contributed by atoms with E-state index in [1.54, 1.807) is 6.20 Å². The highest BCUT2D eigenvalue weighted by atomic mass is 79.9. The molecule has 1 aliphatic rings. The highest BCUT2D eigenvalue weighted by molar-refractivity contribution is 9.10. The van der Waals surface area contributed by atoms with Crippen LogP contribution in [0.1, 0.15) is 30.5 Å². The molecule has 0 aromatic carbocycles. The summed E-state index contributed by atoms with van der Waals surface area (Å²) in [6, 6.07) is 2.02. The van der Waals surface area contributed by atoms with Gasteiger partial charge in [-0.2, -0.15) is 0 Å². The van der Waals surface area contributed by atoms with Crippen molar-refractivity contribution in [1.29, 1.82) is 0 Å². The SMILES string of the molecule is CCC1C(=O)Cc2ncc(Br)cc21. The Bertz CT molecular complexity index is 362. The summed E-state index contributed by atoms with van der Waals surface area (Å²) in [4.78, 5) is 15.8. The molecule has 1 aliphatic carbocycles. The van der Waals surface area contributed by atoms with E-state index in [1.165, 1.54) is 0 Å². The number of rotatable bonds is 1. The molecule has 0 saturated carbocycles. The van der Waals surface area contributed by atoms with Gasteiger partial charge < -0.3 is 0 Å². The number of halogens is 1. The van der Waals surface area contributed by atoms with Crippen LogP contribution in [0, 0.1) is 0 Å². The first kappa shape index (κ1) is 8.88. The summed E-state index contributed by atoms with van der Waals surface area (Å²) in [7, 11) is 0. The monoisotopic (exact) mass is 239 g/mol. The number of fused-ring (bicyclic) bond motifs is 1. The van der Waals surface area contributed by atoms with Crippen LogP contribution in [0.4, 0.5) is 0 Å². The first-order chi connectivity index (χ1) is 6.22. The van der Waals surface area contributed by atoms with E-state index in [1.807, 2.05) is 13.0 Å². The molecule has 2 rings (SSSR count). The summed E-state index contributed by atoms with van der Waals surface area (Å²) in [6.45, 7) is 2.04. The number of carbonyl (C=O) groups is 1. The maximum atomic E-state index is 11.5. The molecule has 0 spiro atoms. The van der Waals surface area contributed by atoms with E-state index in [4.69, 9.17) is 0 Å². The number of pyridine rings is 1. The van der Waals surface area contributed by atoms with Crippen molar-refractivity contribution in [3.8, 4) is 0 Å². The van der Waals surface area contributed by atoms with Gasteiger partial charge in [0.1, 0.15) is 5.78 Å². The number of hydrogen-bond acceptors (Lipinski definition) is 2. The third-order valence-corrected chi connectivity index (χ3v) is 2.92. The Morgan fingerprint density at radius 3 is 3.15 bits per heavy atom. The first-order valence-corrected chi connectivity index (χ1v) is 5.18. The van der Waals surface area contributed by atoms with E-state index >= 15 is 0 Å². The first-order valence-electron chi connectivity index (χ1n) is 4.39. The van der Waals surface area contributed by atoms with Gasteiger partial charge in [0.2, 0.25) is 0 Å².